The summed E-state index contributed by atoms with van der Waals surface area (Å²) in [5, 5.41) is 3.20. The summed E-state index contributed by atoms with van der Waals surface area (Å²) in [5.41, 5.74) is 0. The number of nitrogens with zero attached hydrogens (tertiary/aromatic N) is 5. The van der Waals surface area contributed by atoms with Crippen LogP contribution in [-0.4, -0.2) is 44.1 Å². The first-order valence-corrected chi connectivity index (χ1v) is 11.0. The fourth-order valence-electron chi connectivity index (χ4n) is 4.01. The maximum absolute atomic E-state index is 12.7. The SMILES string of the molecule is CCCCCCC(C)NC(=O)CC1CCCCN1c1ccnc(-n2ccnc2)n1. The average Bonchev–Trinajstić information content (AvgIpc) is 3.27. The molecule has 2 aromatic heterocycles. The van der Waals surface area contributed by atoms with Crippen molar-refractivity contribution in [2.45, 2.75) is 83.7 Å². The van der Waals surface area contributed by atoms with Crippen molar-refractivity contribution in [2.24, 2.45) is 0 Å². The van der Waals surface area contributed by atoms with Crippen LogP contribution in [0.3, 0.4) is 0 Å². The molecule has 1 saturated heterocycles. The Morgan fingerprint density at radius 2 is 2.17 bits per heavy atom. The Labute approximate surface area is 174 Å². The smallest absolute Gasteiger partial charge is 0.236 e. The van der Waals surface area contributed by atoms with Gasteiger partial charge >= 0.3 is 0 Å². The van der Waals surface area contributed by atoms with Gasteiger partial charge in [-0.1, -0.05) is 32.6 Å². The predicted octanol–water partition coefficient (Wildman–Crippen LogP) is 3.89. The first kappa shape index (κ1) is 21.3. The zero-order chi connectivity index (χ0) is 20.5. The number of nitrogens with one attached hydrogen (secondary N) is 1. The van der Waals surface area contributed by atoms with Gasteiger partial charge in [0.05, 0.1) is 0 Å². The number of rotatable bonds is 10. The van der Waals surface area contributed by atoms with Gasteiger partial charge in [-0.3, -0.25) is 9.36 Å². The lowest BCUT2D eigenvalue weighted by molar-refractivity contribution is -0.122. The zero-order valence-corrected chi connectivity index (χ0v) is 17.8. The van der Waals surface area contributed by atoms with E-state index >= 15 is 0 Å². The molecular weight excluding hydrogens is 364 g/mol. The second-order valence-electron chi connectivity index (χ2n) is 8.05. The number of imidazole rings is 1. The normalized spacial score (nSPS) is 17.9. The number of amides is 1. The molecule has 0 radical (unpaired) electrons. The highest BCUT2D eigenvalue weighted by Crippen LogP contribution is 2.25. The summed E-state index contributed by atoms with van der Waals surface area (Å²) >= 11 is 0. The maximum atomic E-state index is 12.7. The van der Waals surface area contributed by atoms with Crippen molar-refractivity contribution in [3.8, 4) is 5.95 Å². The molecule has 2 unspecified atom stereocenters. The molecule has 29 heavy (non-hydrogen) atoms. The molecule has 1 amide bonds. The molecule has 0 aliphatic carbocycles. The number of carbonyl (C=O) groups excluding carboxylic acids is 1. The van der Waals surface area contributed by atoms with E-state index in [1.165, 1.54) is 25.7 Å². The van der Waals surface area contributed by atoms with E-state index in [1.54, 1.807) is 23.3 Å². The van der Waals surface area contributed by atoms with Gasteiger partial charge in [0, 0.05) is 43.6 Å². The Morgan fingerprint density at radius 1 is 1.28 bits per heavy atom. The number of anilines is 1. The van der Waals surface area contributed by atoms with Gasteiger partial charge in [0.15, 0.2) is 0 Å². The number of carbonyl (C=O) groups is 1. The monoisotopic (exact) mass is 398 g/mol. The number of unbranched alkanes of at least 4 members (excludes halogenated alkanes) is 3. The van der Waals surface area contributed by atoms with Crippen molar-refractivity contribution >= 4 is 11.7 Å². The van der Waals surface area contributed by atoms with Gasteiger partial charge in [-0.2, -0.15) is 4.98 Å². The number of hydrogen-bond acceptors (Lipinski definition) is 5. The first-order valence-electron chi connectivity index (χ1n) is 11.0. The van der Waals surface area contributed by atoms with Gasteiger partial charge in [0.2, 0.25) is 11.9 Å². The van der Waals surface area contributed by atoms with E-state index in [2.05, 4.69) is 34.0 Å². The molecule has 3 rings (SSSR count). The molecule has 158 valence electrons. The molecule has 1 N–H and O–H groups in total. The highest BCUT2D eigenvalue weighted by molar-refractivity contribution is 5.77. The Balaban J connectivity index is 1.58. The van der Waals surface area contributed by atoms with Gasteiger partial charge < -0.3 is 10.2 Å². The first-order chi connectivity index (χ1) is 14.2. The third-order valence-corrected chi connectivity index (χ3v) is 5.60. The van der Waals surface area contributed by atoms with Gasteiger partial charge in [-0.15, -0.1) is 0 Å². The summed E-state index contributed by atoms with van der Waals surface area (Å²) in [6.45, 7) is 5.26. The van der Waals surface area contributed by atoms with E-state index in [0.717, 1.165) is 38.0 Å². The highest BCUT2D eigenvalue weighted by Gasteiger charge is 2.26. The average molecular weight is 399 g/mol. The summed E-state index contributed by atoms with van der Waals surface area (Å²) in [6, 6.07) is 2.36. The van der Waals surface area contributed by atoms with E-state index in [4.69, 9.17) is 4.98 Å². The molecule has 2 atom stereocenters. The van der Waals surface area contributed by atoms with Crippen LogP contribution in [0, 0.1) is 0 Å². The molecule has 0 bridgehead atoms. The van der Waals surface area contributed by atoms with Gasteiger partial charge in [0.25, 0.3) is 0 Å². The van der Waals surface area contributed by atoms with Crippen LogP contribution < -0.4 is 10.2 Å². The topological polar surface area (TPSA) is 75.9 Å². The predicted molar refractivity (Wildman–Crippen MR) is 115 cm³/mol. The van der Waals surface area contributed by atoms with Crippen LogP contribution in [0.25, 0.3) is 5.95 Å². The lowest BCUT2D eigenvalue weighted by Crippen LogP contribution is -2.44. The van der Waals surface area contributed by atoms with Crippen molar-refractivity contribution in [3.63, 3.8) is 0 Å². The molecule has 7 heteroatoms. The largest absolute Gasteiger partial charge is 0.354 e. The Bertz CT molecular complexity index is 748. The summed E-state index contributed by atoms with van der Waals surface area (Å²) in [5.74, 6) is 1.64. The minimum atomic E-state index is 0.147. The van der Waals surface area contributed by atoms with E-state index < -0.39 is 0 Å². The summed E-state index contributed by atoms with van der Waals surface area (Å²) in [6.07, 6.45) is 16.8. The fourth-order valence-corrected chi connectivity index (χ4v) is 4.01. The van der Waals surface area contributed by atoms with Crippen LogP contribution in [0.5, 0.6) is 0 Å². The second-order valence-corrected chi connectivity index (χ2v) is 8.05. The van der Waals surface area contributed by atoms with Crippen LogP contribution in [0.15, 0.2) is 31.0 Å². The molecule has 0 spiro atoms. The van der Waals surface area contributed by atoms with Gasteiger partial charge in [-0.25, -0.2) is 9.97 Å². The second kappa shape index (κ2) is 10.9. The quantitative estimate of drug-likeness (QED) is 0.615. The van der Waals surface area contributed by atoms with Crippen molar-refractivity contribution in [1.82, 2.24) is 24.8 Å². The van der Waals surface area contributed by atoms with Gasteiger partial charge in [0.1, 0.15) is 12.1 Å². The maximum Gasteiger partial charge on any atom is 0.236 e. The van der Waals surface area contributed by atoms with E-state index in [-0.39, 0.29) is 18.0 Å². The van der Waals surface area contributed by atoms with Crippen molar-refractivity contribution in [2.75, 3.05) is 11.4 Å². The van der Waals surface area contributed by atoms with Crippen LogP contribution in [0.1, 0.15) is 71.6 Å². The Hall–Kier alpha value is -2.44. The van der Waals surface area contributed by atoms with E-state index in [9.17, 15) is 4.79 Å². The molecule has 3 heterocycles. The standard InChI is InChI=1S/C22H34N6O/c1-3-4-5-6-9-18(2)25-21(29)16-19-10-7-8-14-28(19)20-11-12-24-22(26-20)27-15-13-23-17-27/h11-13,15,17-19H,3-10,14,16H2,1-2H3,(H,25,29). The summed E-state index contributed by atoms with van der Waals surface area (Å²) < 4.78 is 1.80. The number of piperidine rings is 1. The minimum Gasteiger partial charge on any atom is -0.354 e. The summed E-state index contributed by atoms with van der Waals surface area (Å²) in [4.78, 5) is 28.1. The fraction of sp³-hybridized carbons (Fsp3) is 0.636. The molecule has 0 saturated carbocycles. The molecular formula is C22H34N6O. The van der Waals surface area contributed by atoms with Crippen LogP contribution in [0.2, 0.25) is 0 Å². The zero-order valence-electron chi connectivity index (χ0n) is 17.8. The lowest BCUT2D eigenvalue weighted by atomic mass is 9.98. The third-order valence-electron chi connectivity index (χ3n) is 5.60. The van der Waals surface area contributed by atoms with E-state index in [0.29, 0.717) is 12.4 Å². The molecule has 1 fully saturated rings. The van der Waals surface area contributed by atoms with Crippen molar-refractivity contribution in [1.29, 1.82) is 0 Å². The van der Waals surface area contributed by atoms with Crippen molar-refractivity contribution < 1.29 is 4.79 Å². The van der Waals surface area contributed by atoms with Crippen molar-refractivity contribution in [3.05, 3.63) is 31.0 Å². The Morgan fingerprint density at radius 3 is 2.97 bits per heavy atom. The number of aromatic nitrogens is 4. The third kappa shape index (κ3) is 6.27. The molecule has 1 aliphatic rings. The van der Waals surface area contributed by atoms with Crippen LogP contribution in [0.4, 0.5) is 5.82 Å². The van der Waals surface area contributed by atoms with Crippen LogP contribution >= 0.6 is 0 Å². The molecule has 2 aromatic rings. The highest BCUT2D eigenvalue weighted by atomic mass is 16.1. The number of hydrogen-bond donors (Lipinski definition) is 1. The molecule has 0 aromatic carbocycles. The Kier molecular flexibility index (Phi) is 8.02. The van der Waals surface area contributed by atoms with Crippen LogP contribution in [-0.2, 0) is 4.79 Å². The molecule has 7 nitrogen and oxygen atoms in total. The van der Waals surface area contributed by atoms with Gasteiger partial charge in [-0.05, 0) is 38.7 Å². The summed E-state index contributed by atoms with van der Waals surface area (Å²) in [7, 11) is 0. The molecule has 1 aliphatic heterocycles. The lowest BCUT2D eigenvalue weighted by Gasteiger charge is -2.36. The minimum absolute atomic E-state index is 0.147. The van der Waals surface area contributed by atoms with E-state index in [1.807, 2.05) is 12.3 Å².